The number of methoxy groups -OCH3 is 2. The van der Waals surface area contributed by atoms with E-state index in [1.807, 2.05) is 70.7 Å². The Morgan fingerprint density at radius 3 is 2.50 bits per heavy atom. The zero-order valence-electron chi connectivity index (χ0n) is 21.8. The van der Waals surface area contributed by atoms with Gasteiger partial charge in [-0.25, -0.2) is 9.79 Å². The summed E-state index contributed by atoms with van der Waals surface area (Å²) in [6.07, 6.45) is 2.28. The van der Waals surface area contributed by atoms with Crippen molar-refractivity contribution in [1.82, 2.24) is 9.80 Å². The SMILES string of the molecule is COc1cccc(C2C(C(=O)OCc3ccccc3)=C(C)N=C3SC=C(CC(=O)N4CCCC4)N32)c1OC. The Balaban J connectivity index is 1.53. The lowest BCUT2D eigenvalue weighted by Crippen LogP contribution is -2.38. The van der Waals surface area contributed by atoms with Crippen molar-refractivity contribution in [1.29, 1.82) is 0 Å². The van der Waals surface area contributed by atoms with Gasteiger partial charge in [0.2, 0.25) is 5.91 Å². The first-order valence-electron chi connectivity index (χ1n) is 12.7. The molecule has 3 heterocycles. The zero-order chi connectivity index (χ0) is 26.6. The van der Waals surface area contributed by atoms with Crippen LogP contribution >= 0.6 is 11.8 Å². The number of benzene rings is 2. The predicted octanol–water partition coefficient (Wildman–Crippen LogP) is 5.03. The lowest BCUT2D eigenvalue weighted by Gasteiger charge is -2.37. The lowest BCUT2D eigenvalue weighted by molar-refractivity contribution is -0.141. The average Bonchev–Trinajstić information content (AvgIpc) is 3.62. The Kier molecular flexibility index (Phi) is 7.74. The summed E-state index contributed by atoms with van der Waals surface area (Å²) in [7, 11) is 3.16. The van der Waals surface area contributed by atoms with Crippen molar-refractivity contribution in [2.45, 2.75) is 38.8 Å². The first-order valence-corrected chi connectivity index (χ1v) is 13.5. The molecular formula is C29H31N3O5S. The Morgan fingerprint density at radius 1 is 1.03 bits per heavy atom. The van der Waals surface area contributed by atoms with Crippen LogP contribution in [0.1, 0.15) is 43.4 Å². The number of carbonyl (C=O) groups excluding carboxylic acids is 2. The van der Waals surface area contributed by atoms with Crippen LogP contribution < -0.4 is 9.47 Å². The molecule has 1 unspecified atom stereocenters. The van der Waals surface area contributed by atoms with Crippen molar-refractivity contribution in [2.24, 2.45) is 4.99 Å². The van der Waals surface area contributed by atoms with Gasteiger partial charge in [-0.3, -0.25) is 4.79 Å². The highest BCUT2D eigenvalue weighted by atomic mass is 32.2. The highest BCUT2D eigenvalue weighted by Gasteiger charge is 2.43. The number of carbonyl (C=O) groups is 2. The van der Waals surface area contributed by atoms with Crippen molar-refractivity contribution >= 4 is 28.8 Å². The van der Waals surface area contributed by atoms with Crippen LogP contribution in [-0.4, -0.2) is 54.2 Å². The molecule has 5 rings (SSSR count). The summed E-state index contributed by atoms with van der Waals surface area (Å²) in [6, 6.07) is 14.5. The molecule has 1 atom stereocenters. The number of esters is 1. The van der Waals surface area contributed by atoms with Gasteiger partial charge in [0, 0.05) is 24.4 Å². The molecule has 0 aromatic heterocycles. The van der Waals surface area contributed by atoms with Gasteiger partial charge in [-0.05, 0) is 36.8 Å². The van der Waals surface area contributed by atoms with Gasteiger partial charge >= 0.3 is 5.97 Å². The monoisotopic (exact) mass is 533 g/mol. The largest absolute Gasteiger partial charge is 0.493 e. The Morgan fingerprint density at radius 2 is 1.79 bits per heavy atom. The molecule has 3 aliphatic rings. The van der Waals surface area contributed by atoms with E-state index in [0.717, 1.165) is 42.8 Å². The van der Waals surface area contributed by atoms with Crippen LogP contribution in [0.25, 0.3) is 0 Å². The highest BCUT2D eigenvalue weighted by Crippen LogP contribution is 2.48. The number of hydrogen-bond acceptors (Lipinski definition) is 8. The predicted molar refractivity (Wildman–Crippen MR) is 147 cm³/mol. The van der Waals surface area contributed by atoms with Gasteiger partial charge in [0.05, 0.1) is 38.0 Å². The van der Waals surface area contributed by atoms with Crippen LogP contribution in [0.4, 0.5) is 0 Å². The number of likely N-dealkylation sites (tertiary alicyclic amines) is 1. The minimum absolute atomic E-state index is 0.0754. The second-order valence-electron chi connectivity index (χ2n) is 9.30. The fourth-order valence-corrected chi connectivity index (χ4v) is 6.05. The standard InChI is InChI=1S/C29H31N3O5S/c1-19-25(28(34)37-17-20-10-5-4-6-11-20)26(22-12-9-13-23(35-2)27(22)36-3)32-21(18-38-29(32)30-19)16-24(33)31-14-7-8-15-31/h4-6,9-13,18,26H,7-8,14-17H2,1-3H3. The maximum atomic E-state index is 13.7. The van der Waals surface area contributed by atoms with Gasteiger partial charge in [0.15, 0.2) is 16.7 Å². The second kappa shape index (κ2) is 11.3. The van der Waals surface area contributed by atoms with E-state index in [0.29, 0.717) is 27.9 Å². The third-order valence-corrected chi connectivity index (χ3v) is 7.84. The van der Waals surface area contributed by atoms with Gasteiger partial charge in [0.25, 0.3) is 0 Å². The second-order valence-corrected chi connectivity index (χ2v) is 10.1. The molecule has 0 bridgehead atoms. The van der Waals surface area contributed by atoms with E-state index in [2.05, 4.69) is 0 Å². The van der Waals surface area contributed by atoms with Crippen molar-refractivity contribution in [2.75, 3.05) is 27.3 Å². The lowest BCUT2D eigenvalue weighted by atomic mass is 9.92. The molecule has 0 aliphatic carbocycles. The van der Waals surface area contributed by atoms with E-state index in [1.54, 1.807) is 14.2 Å². The van der Waals surface area contributed by atoms with E-state index in [-0.39, 0.29) is 18.9 Å². The number of hydrogen-bond donors (Lipinski definition) is 0. The van der Waals surface area contributed by atoms with Gasteiger partial charge in [-0.1, -0.05) is 54.2 Å². The first-order chi connectivity index (χ1) is 18.5. The molecule has 198 valence electrons. The van der Waals surface area contributed by atoms with E-state index >= 15 is 0 Å². The Labute approximate surface area is 226 Å². The number of ether oxygens (including phenoxy) is 3. The number of para-hydroxylation sites is 1. The van der Waals surface area contributed by atoms with Gasteiger partial charge in [-0.2, -0.15) is 0 Å². The summed E-state index contributed by atoms with van der Waals surface area (Å²) in [5.41, 5.74) is 3.38. The normalized spacial score (nSPS) is 18.7. The quantitative estimate of drug-likeness (QED) is 0.440. The smallest absolute Gasteiger partial charge is 0.338 e. The Hall–Kier alpha value is -3.72. The van der Waals surface area contributed by atoms with Crippen molar-refractivity contribution in [3.05, 3.63) is 82.0 Å². The summed E-state index contributed by atoms with van der Waals surface area (Å²) in [5.74, 6) is 0.677. The third-order valence-electron chi connectivity index (χ3n) is 6.95. The topological polar surface area (TPSA) is 80.7 Å². The van der Waals surface area contributed by atoms with E-state index in [9.17, 15) is 9.59 Å². The van der Waals surface area contributed by atoms with E-state index in [1.165, 1.54) is 11.8 Å². The summed E-state index contributed by atoms with van der Waals surface area (Å²) >= 11 is 1.45. The molecule has 0 N–H and O–H groups in total. The molecule has 2 aromatic rings. The fraction of sp³-hybridized carbons (Fsp3) is 0.345. The van der Waals surface area contributed by atoms with Gasteiger partial charge in [0.1, 0.15) is 6.61 Å². The van der Waals surface area contributed by atoms with Crippen LogP contribution in [0.5, 0.6) is 11.5 Å². The van der Waals surface area contributed by atoms with Crippen LogP contribution in [-0.2, 0) is 20.9 Å². The van der Waals surface area contributed by atoms with Crippen LogP contribution in [0, 0.1) is 0 Å². The first kappa shape index (κ1) is 25.9. The number of nitrogens with zero attached hydrogens (tertiary/aromatic N) is 3. The molecule has 3 aliphatic heterocycles. The number of amidine groups is 1. The number of fused-ring (bicyclic) bond motifs is 1. The van der Waals surface area contributed by atoms with Crippen molar-refractivity contribution in [3.8, 4) is 11.5 Å². The number of allylic oxidation sites excluding steroid dienone is 1. The van der Waals surface area contributed by atoms with E-state index in [4.69, 9.17) is 19.2 Å². The third kappa shape index (κ3) is 5.03. The Bertz CT molecular complexity index is 1310. The molecule has 0 saturated carbocycles. The molecule has 9 heteroatoms. The molecule has 1 saturated heterocycles. The average molecular weight is 534 g/mol. The van der Waals surface area contributed by atoms with Crippen molar-refractivity contribution in [3.63, 3.8) is 0 Å². The number of aliphatic imine (C=N–C) groups is 1. The molecule has 0 radical (unpaired) electrons. The van der Waals surface area contributed by atoms with Gasteiger partial charge in [-0.15, -0.1) is 0 Å². The molecule has 1 amide bonds. The summed E-state index contributed by atoms with van der Waals surface area (Å²) in [5, 5.41) is 2.67. The molecule has 2 aromatic carbocycles. The van der Waals surface area contributed by atoms with Crippen LogP contribution in [0.3, 0.4) is 0 Å². The molecule has 8 nitrogen and oxygen atoms in total. The highest BCUT2D eigenvalue weighted by molar-refractivity contribution is 8.16. The zero-order valence-corrected chi connectivity index (χ0v) is 22.6. The molecule has 0 spiro atoms. The summed E-state index contributed by atoms with van der Waals surface area (Å²) in [6.45, 7) is 3.52. The summed E-state index contributed by atoms with van der Waals surface area (Å²) < 4.78 is 17.2. The van der Waals surface area contributed by atoms with Crippen LogP contribution in [0.15, 0.2) is 75.9 Å². The molecular weight excluding hydrogens is 502 g/mol. The molecule has 38 heavy (non-hydrogen) atoms. The molecule has 1 fully saturated rings. The maximum Gasteiger partial charge on any atom is 0.338 e. The number of thioether (sulfide) groups is 1. The fourth-order valence-electron chi connectivity index (χ4n) is 5.09. The summed E-state index contributed by atoms with van der Waals surface area (Å²) in [4.78, 5) is 35.5. The minimum Gasteiger partial charge on any atom is -0.493 e. The van der Waals surface area contributed by atoms with Gasteiger partial charge < -0.3 is 24.0 Å². The minimum atomic E-state index is -0.608. The van der Waals surface area contributed by atoms with E-state index < -0.39 is 12.0 Å². The number of amides is 1. The van der Waals surface area contributed by atoms with Crippen molar-refractivity contribution < 1.29 is 23.8 Å². The maximum absolute atomic E-state index is 13.7. The van der Waals surface area contributed by atoms with Crippen LogP contribution in [0.2, 0.25) is 0 Å². The number of rotatable bonds is 8.